The van der Waals surface area contributed by atoms with Crippen LogP contribution in [0.1, 0.15) is 44.1 Å². The summed E-state index contributed by atoms with van der Waals surface area (Å²) in [6.07, 6.45) is 0.876. The summed E-state index contributed by atoms with van der Waals surface area (Å²) in [5.74, 6) is 1.83. The number of ether oxygens (including phenoxy) is 1. The molecule has 0 aliphatic carbocycles. The van der Waals surface area contributed by atoms with Gasteiger partial charge >= 0.3 is 0 Å². The van der Waals surface area contributed by atoms with E-state index in [2.05, 4.69) is 62.3 Å². The molecule has 1 aromatic heterocycles. The maximum Gasteiger partial charge on any atom is 0.156 e. The van der Waals surface area contributed by atoms with Crippen LogP contribution in [0.15, 0.2) is 18.2 Å². The van der Waals surface area contributed by atoms with Gasteiger partial charge in [0.1, 0.15) is 5.75 Å². The number of hydrogen-bond donors (Lipinski definition) is 0. The molecule has 0 radical (unpaired) electrons. The second-order valence-electron chi connectivity index (χ2n) is 6.42. The summed E-state index contributed by atoms with van der Waals surface area (Å²) >= 11 is 0. The van der Waals surface area contributed by atoms with Crippen LogP contribution in [0.2, 0.25) is 0 Å². The Morgan fingerprint density at radius 2 is 1.90 bits per heavy atom. The van der Waals surface area contributed by atoms with E-state index >= 15 is 0 Å². The van der Waals surface area contributed by atoms with Gasteiger partial charge in [-0.15, -0.1) is 5.10 Å². The molecule has 0 N–H and O–H groups in total. The molecule has 21 heavy (non-hydrogen) atoms. The van der Waals surface area contributed by atoms with Crippen LogP contribution < -0.4 is 4.74 Å². The van der Waals surface area contributed by atoms with E-state index in [-0.39, 0.29) is 5.41 Å². The van der Waals surface area contributed by atoms with E-state index in [4.69, 9.17) is 4.74 Å². The number of nitrogens with zero attached hydrogens (tertiary/aromatic N) is 4. The monoisotopic (exact) mass is 288 g/mol. The number of aryl methyl sites for hydroxylation is 3. The first-order valence-electron chi connectivity index (χ1n) is 7.34. The van der Waals surface area contributed by atoms with Crippen molar-refractivity contribution >= 4 is 0 Å². The average molecular weight is 288 g/mol. The normalized spacial score (nSPS) is 11.7. The molecule has 5 nitrogen and oxygen atoms in total. The molecule has 0 saturated heterocycles. The second kappa shape index (κ2) is 6.24. The zero-order chi connectivity index (χ0) is 15.5. The summed E-state index contributed by atoms with van der Waals surface area (Å²) in [6, 6.07) is 6.18. The Labute approximate surface area is 126 Å². The zero-order valence-electron chi connectivity index (χ0n) is 13.6. The minimum atomic E-state index is -0.0432. The SMILES string of the molecule is Cc1ccc(OCCCn2nnnc2C(C)(C)C)cc1C. The highest BCUT2D eigenvalue weighted by atomic mass is 16.5. The van der Waals surface area contributed by atoms with Crippen molar-refractivity contribution in [3.8, 4) is 5.75 Å². The molecule has 0 atom stereocenters. The molecule has 1 heterocycles. The third kappa shape index (κ3) is 4.03. The average Bonchev–Trinajstić information content (AvgIpc) is 2.87. The van der Waals surface area contributed by atoms with Crippen LogP contribution in [0.5, 0.6) is 5.75 Å². The molecule has 2 rings (SSSR count). The Balaban J connectivity index is 1.85. The Bertz CT molecular complexity index is 599. The number of aromatic nitrogens is 4. The first kappa shape index (κ1) is 15.5. The number of tetrazole rings is 1. The highest BCUT2D eigenvalue weighted by molar-refractivity contribution is 5.33. The van der Waals surface area contributed by atoms with E-state index in [1.165, 1.54) is 11.1 Å². The highest BCUT2D eigenvalue weighted by Gasteiger charge is 2.21. The van der Waals surface area contributed by atoms with Crippen LogP contribution >= 0.6 is 0 Å². The second-order valence-corrected chi connectivity index (χ2v) is 6.42. The number of hydrogen-bond acceptors (Lipinski definition) is 4. The molecule has 0 unspecified atom stereocenters. The van der Waals surface area contributed by atoms with Crippen molar-refractivity contribution in [3.63, 3.8) is 0 Å². The fourth-order valence-corrected chi connectivity index (χ4v) is 2.10. The first-order chi connectivity index (χ1) is 9.88. The van der Waals surface area contributed by atoms with E-state index in [0.717, 1.165) is 24.5 Å². The molecule has 0 bridgehead atoms. The minimum absolute atomic E-state index is 0.0432. The van der Waals surface area contributed by atoms with Crippen LogP contribution in [0, 0.1) is 13.8 Å². The van der Waals surface area contributed by atoms with Gasteiger partial charge in [-0.05, 0) is 47.5 Å². The summed E-state index contributed by atoms with van der Waals surface area (Å²) in [5, 5.41) is 11.9. The summed E-state index contributed by atoms with van der Waals surface area (Å²) < 4.78 is 7.65. The lowest BCUT2D eigenvalue weighted by molar-refractivity contribution is 0.294. The third-order valence-corrected chi connectivity index (χ3v) is 3.46. The third-order valence-electron chi connectivity index (χ3n) is 3.46. The van der Waals surface area contributed by atoms with Gasteiger partial charge in [0.2, 0.25) is 0 Å². The molecular formula is C16H24N4O. The predicted molar refractivity (Wildman–Crippen MR) is 82.5 cm³/mol. The van der Waals surface area contributed by atoms with Gasteiger partial charge in [-0.3, -0.25) is 0 Å². The lowest BCUT2D eigenvalue weighted by atomic mass is 9.96. The summed E-state index contributed by atoms with van der Waals surface area (Å²) in [7, 11) is 0. The quantitative estimate of drug-likeness (QED) is 0.793. The van der Waals surface area contributed by atoms with Crippen molar-refractivity contribution < 1.29 is 4.74 Å². The van der Waals surface area contributed by atoms with Crippen molar-refractivity contribution in [1.82, 2.24) is 20.2 Å². The topological polar surface area (TPSA) is 52.8 Å². The summed E-state index contributed by atoms with van der Waals surface area (Å²) in [4.78, 5) is 0. The van der Waals surface area contributed by atoms with Crippen molar-refractivity contribution in [2.45, 2.75) is 53.0 Å². The van der Waals surface area contributed by atoms with Crippen molar-refractivity contribution in [3.05, 3.63) is 35.2 Å². The first-order valence-corrected chi connectivity index (χ1v) is 7.34. The highest BCUT2D eigenvalue weighted by Crippen LogP contribution is 2.19. The van der Waals surface area contributed by atoms with E-state index in [1.807, 2.05) is 10.7 Å². The smallest absolute Gasteiger partial charge is 0.156 e. The molecule has 5 heteroatoms. The van der Waals surface area contributed by atoms with Crippen molar-refractivity contribution in [1.29, 1.82) is 0 Å². The van der Waals surface area contributed by atoms with Gasteiger partial charge in [0, 0.05) is 18.4 Å². The minimum Gasteiger partial charge on any atom is -0.494 e. The van der Waals surface area contributed by atoms with Gasteiger partial charge in [0.15, 0.2) is 5.82 Å². The number of benzene rings is 1. The summed E-state index contributed by atoms with van der Waals surface area (Å²) in [5.41, 5.74) is 2.49. The van der Waals surface area contributed by atoms with Gasteiger partial charge in [-0.25, -0.2) is 4.68 Å². The Morgan fingerprint density at radius 3 is 2.57 bits per heavy atom. The van der Waals surface area contributed by atoms with Crippen molar-refractivity contribution in [2.24, 2.45) is 0 Å². The molecule has 2 aromatic rings. The molecule has 0 aliphatic rings. The molecule has 1 aromatic carbocycles. The number of rotatable bonds is 5. The standard InChI is InChI=1S/C16H24N4O/c1-12-7-8-14(11-13(12)2)21-10-6-9-20-15(16(3,4)5)17-18-19-20/h7-8,11H,6,9-10H2,1-5H3. The fourth-order valence-electron chi connectivity index (χ4n) is 2.10. The summed E-state index contributed by atoms with van der Waals surface area (Å²) in [6.45, 7) is 12.0. The molecule has 114 valence electrons. The largest absolute Gasteiger partial charge is 0.494 e. The predicted octanol–water partition coefficient (Wildman–Crippen LogP) is 3.06. The molecule has 0 spiro atoms. The van der Waals surface area contributed by atoms with Gasteiger partial charge in [-0.1, -0.05) is 26.8 Å². The molecule has 0 aliphatic heterocycles. The lowest BCUT2D eigenvalue weighted by Gasteiger charge is -2.17. The lowest BCUT2D eigenvalue weighted by Crippen LogP contribution is -2.20. The van der Waals surface area contributed by atoms with E-state index in [1.54, 1.807) is 0 Å². The van der Waals surface area contributed by atoms with Gasteiger partial charge in [0.05, 0.1) is 6.61 Å². The van der Waals surface area contributed by atoms with Crippen LogP contribution in [-0.4, -0.2) is 26.8 Å². The van der Waals surface area contributed by atoms with Crippen LogP contribution in [-0.2, 0) is 12.0 Å². The Morgan fingerprint density at radius 1 is 1.14 bits per heavy atom. The molecule has 0 saturated carbocycles. The zero-order valence-corrected chi connectivity index (χ0v) is 13.6. The molecule has 0 amide bonds. The molecule has 0 fully saturated rings. The van der Waals surface area contributed by atoms with Crippen LogP contribution in [0.25, 0.3) is 0 Å². The fraction of sp³-hybridized carbons (Fsp3) is 0.562. The van der Waals surface area contributed by atoms with Crippen LogP contribution in [0.4, 0.5) is 0 Å². The van der Waals surface area contributed by atoms with E-state index in [9.17, 15) is 0 Å². The maximum atomic E-state index is 5.78. The Kier molecular flexibility index (Phi) is 4.60. The molecular weight excluding hydrogens is 264 g/mol. The Hall–Kier alpha value is -1.91. The van der Waals surface area contributed by atoms with Gasteiger partial charge < -0.3 is 4.74 Å². The van der Waals surface area contributed by atoms with Gasteiger partial charge in [0.25, 0.3) is 0 Å². The van der Waals surface area contributed by atoms with Crippen molar-refractivity contribution in [2.75, 3.05) is 6.61 Å². The van der Waals surface area contributed by atoms with E-state index < -0.39 is 0 Å². The maximum absolute atomic E-state index is 5.78. The van der Waals surface area contributed by atoms with E-state index in [0.29, 0.717) is 6.61 Å². The van der Waals surface area contributed by atoms with Gasteiger partial charge in [-0.2, -0.15) is 0 Å². The van der Waals surface area contributed by atoms with Crippen LogP contribution in [0.3, 0.4) is 0 Å².